The van der Waals surface area contributed by atoms with E-state index in [1.54, 1.807) is 6.20 Å². The topological polar surface area (TPSA) is 17.8 Å². The summed E-state index contributed by atoms with van der Waals surface area (Å²) in [5.74, 6) is 1.36. The Morgan fingerprint density at radius 1 is 1.33 bits per heavy atom. The predicted molar refractivity (Wildman–Crippen MR) is 62.0 cm³/mol. The molecule has 2 aromatic rings. The number of imidazole rings is 1. The van der Waals surface area contributed by atoms with Crippen LogP contribution in [0, 0.1) is 0 Å². The molecule has 1 aromatic heterocycles. The third-order valence-electron chi connectivity index (χ3n) is 2.57. The second-order valence-electron chi connectivity index (χ2n) is 3.47. The van der Waals surface area contributed by atoms with E-state index >= 15 is 0 Å². The average molecular weight is 221 g/mol. The van der Waals surface area contributed by atoms with Crippen LogP contribution in [0.25, 0.3) is 0 Å². The zero-order chi connectivity index (χ0) is 10.7. The quantitative estimate of drug-likeness (QED) is 0.727. The molecule has 1 atom stereocenters. The van der Waals surface area contributed by atoms with Crippen molar-refractivity contribution in [3.63, 3.8) is 0 Å². The van der Waals surface area contributed by atoms with E-state index in [2.05, 4.69) is 28.6 Å². The van der Waals surface area contributed by atoms with Gasteiger partial charge in [-0.15, -0.1) is 11.6 Å². The highest BCUT2D eigenvalue weighted by atomic mass is 35.5. The molecule has 0 amide bonds. The Balaban J connectivity index is 2.32. The molecule has 1 heterocycles. The fourth-order valence-electron chi connectivity index (χ4n) is 1.69. The van der Waals surface area contributed by atoms with Crippen molar-refractivity contribution in [3.8, 4) is 0 Å². The largest absolute Gasteiger partial charge is 0.327 e. The molecule has 78 valence electrons. The van der Waals surface area contributed by atoms with Gasteiger partial charge in [0.25, 0.3) is 0 Å². The van der Waals surface area contributed by atoms with Crippen LogP contribution >= 0.6 is 11.6 Å². The zero-order valence-corrected chi connectivity index (χ0v) is 9.35. The van der Waals surface area contributed by atoms with Gasteiger partial charge in [0.1, 0.15) is 5.82 Å². The molecular weight excluding hydrogens is 208 g/mol. The van der Waals surface area contributed by atoms with Gasteiger partial charge in [-0.1, -0.05) is 30.3 Å². The number of alkyl halides is 1. The molecule has 0 aliphatic carbocycles. The molecular formula is C12H13ClN2. The second kappa shape index (κ2) is 4.49. The van der Waals surface area contributed by atoms with Crippen LogP contribution in [0.2, 0.25) is 0 Å². The number of rotatable bonds is 3. The summed E-state index contributed by atoms with van der Waals surface area (Å²) in [6.45, 7) is 2.15. The summed E-state index contributed by atoms with van der Waals surface area (Å²) < 4.78 is 2.10. The van der Waals surface area contributed by atoms with Crippen molar-refractivity contribution in [2.24, 2.45) is 0 Å². The van der Waals surface area contributed by atoms with Crippen molar-refractivity contribution in [1.29, 1.82) is 0 Å². The maximum absolute atomic E-state index is 5.82. The van der Waals surface area contributed by atoms with Crippen molar-refractivity contribution in [3.05, 3.63) is 54.1 Å². The molecule has 0 bridgehead atoms. The van der Waals surface area contributed by atoms with Gasteiger partial charge in [-0.3, -0.25) is 0 Å². The maximum Gasteiger partial charge on any atom is 0.124 e. The van der Waals surface area contributed by atoms with Crippen LogP contribution in [-0.2, 0) is 5.88 Å². The Hall–Kier alpha value is -1.28. The van der Waals surface area contributed by atoms with Crippen LogP contribution in [0.15, 0.2) is 42.7 Å². The van der Waals surface area contributed by atoms with Gasteiger partial charge in [-0.25, -0.2) is 4.98 Å². The van der Waals surface area contributed by atoms with Crippen LogP contribution in [0.1, 0.15) is 24.4 Å². The van der Waals surface area contributed by atoms with Gasteiger partial charge in [0.2, 0.25) is 0 Å². The predicted octanol–water partition coefficient (Wildman–Crippen LogP) is 3.23. The number of halogens is 1. The fourth-order valence-corrected chi connectivity index (χ4v) is 1.90. The second-order valence-corrected chi connectivity index (χ2v) is 3.74. The minimum atomic E-state index is 0.280. The molecule has 0 saturated carbocycles. The molecule has 0 N–H and O–H groups in total. The standard InChI is InChI=1S/C12H13ClN2/c1-10(11-5-3-2-4-6-11)15-8-7-14-12(15)9-13/h2-8,10H,9H2,1H3. The first kappa shape index (κ1) is 10.2. The Labute approximate surface area is 94.5 Å². The molecule has 2 nitrogen and oxygen atoms in total. The summed E-state index contributed by atoms with van der Waals surface area (Å²) in [5.41, 5.74) is 1.27. The molecule has 0 aliphatic rings. The molecule has 0 fully saturated rings. The number of aromatic nitrogens is 2. The summed E-state index contributed by atoms with van der Waals surface area (Å²) in [5, 5.41) is 0. The first-order valence-electron chi connectivity index (χ1n) is 4.95. The average Bonchev–Trinajstić information content (AvgIpc) is 2.77. The van der Waals surface area contributed by atoms with E-state index in [9.17, 15) is 0 Å². The normalized spacial score (nSPS) is 12.7. The third kappa shape index (κ3) is 2.05. The number of nitrogens with zero attached hydrogens (tertiary/aromatic N) is 2. The van der Waals surface area contributed by atoms with Crippen molar-refractivity contribution < 1.29 is 0 Å². The highest BCUT2D eigenvalue weighted by Gasteiger charge is 2.10. The first-order chi connectivity index (χ1) is 7.33. The number of benzene rings is 1. The zero-order valence-electron chi connectivity index (χ0n) is 8.60. The first-order valence-corrected chi connectivity index (χ1v) is 5.49. The Morgan fingerprint density at radius 3 is 2.73 bits per heavy atom. The van der Waals surface area contributed by atoms with Crippen LogP contribution in [0.5, 0.6) is 0 Å². The summed E-state index contributed by atoms with van der Waals surface area (Å²) >= 11 is 5.82. The maximum atomic E-state index is 5.82. The van der Waals surface area contributed by atoms with Gasteiger partial charge in [-0.05, 0) is 12.5 Å². The Kier molecular flexibility index (Phi) is 3.07. The lowest BCUT2D eigenvalue weighted by molar-refractivity contribution is 0.615. The Bertz CT molecular complexity index is 422. The van der Waals surface area contributed by atoms with E-state index in [0.29, 0.717) is 5.88 Å². The molecule has 3 heteroatoms. The molecule has 0 radical (unpaired) electrons. The van der Waals surface area contributed by atoms with E-state index in [1.165, 1.54) is 5.56 Å². The minimum absolute atomic E-state index is 0.280. The lowest BCUT2D eigenvalue weighted by Crippen LogP contribution is -2.08. The van der Waals surface area contributed by atoms with Crippen molar-refractivity contribution >= 4 is 11.6 Å². The van der Waals surface area contributed by atoms with Crippen LogP contribution in [0.3, 0.4) is 0 Å². The highest BCUT2D eigenvalue weighted by Crippen LogP contribution is 2.19. The van der Waals surface area contributed by atoms with Crippen LogP contribution in [-0.4, -0.2) is 9.55 Å². The summed E-state index contributed by atoms with van der Waals surface area (Å²) in [7, 11) is 0. The summed E-state index contributed by atoms with van der Waals surface area (Å²) in [6, 6.07) is 10.6. The fraction of sp³-hybridized carbons (Fsp3) is 0.250. The highest BCUT2D eigenvalue weighted by molar-refractivity contribution is 6.16. The molecule has 0 aliphatic heterocycles. The SMILES string of the molecule is CC(c1ccccc1)n1ccnc1CCl. The van der Waals surface area contributed by atoms with Gasteiger partial charge in [-0.2, -0.15) is 0 Å². The van der Waals surface area contributed by atoms with E-state index in [4.69, 9.17) is 11.6 Å². The number of hydrogen-bond donors (Lipinski definition) is 0. The van der Waals surface area contributed by atoms with Gasteiger partial charge < -0.3 is 4.57 Å². The lowest BCUT2D eigenvalue weighted by atomic mass is 10.1. The third-order valence-corrected chi connectivity index (χ3v) is 2.81. The smallest absolute Gasteiger partial charge is 0.124 e. The molecule has 2 rings (SSSR count). The van der Waals surface area contributed by atoms with Gasteiger partial charge in [0.05, 0.1) is 11.9 Å². The summed E-state index contributed by atoms with van der Waals surface area (Å²) in [6.07, 6.45) is 3.76. The van der Waals surface area contributed by atoms with E-state index in [0.717, 1.165) is 5.82 Å². The molecule has 1 aromatic carbocycles. The van der Waals surface area contributed by atoms with E-state index in [-0.39, 0.29) is 6.04 Å². The molecule has 15 heavy (non-hydrogen) atoms. The van der Waals surface area contributed by atoms with E-state index < -0.39 is 0 Å². The lowest BCUT2D eigenvalue weighted by Gasteiger charge is -2.15. The van der Waals surface area contributed by atoms with Gasteiger partial charge in [0.15, 0.2) is 0 Å². The monoisotopic (exact) mass is 220 g/mol. The number of hydrogen-bond acceptors (Lipinski definition) is 1. The molecule has 0 saturated heterocycles. The van der Waals surface area contributed by atoms with Crippen molar-refractivity contribution in [2.75, 3.05) is 0 Å². The minimum Gasteiger partial charge on any atom is -0.327 e. The van der Waals surface area contributed by atoms with Crippen molar-refractivity contribution in [2.45, 2.75) is 18.8 Å². The van der Waals surface area contributed by atoms with Gasteiger partial charge >= 0.3 is 0 Å². The Morgan fingerprint density at radius 2 is 2.07 bits per heavy atom. The molecule has 1 unspecified atom stereocenters. The molecule has 0 spiro atoms. The van der Waals surface area contributed by atoms with Crippen molar-refractivity contribution in [1.82, 2.24) is 9.55 Å². The van der Waals surface area contributed by atoms with Gasteiger partial charge in [0, 0.05) is 12.4 Å². The summed E-state index contributed by atoms with van der Waals surface area (Å²) in [4.78, 5) is 4.21. The van der Waals surface area contributed by atoms with Crippen LogP contribution < -0.4 is 0 Å². The van der Waals surface area contributed by atoms with Crippen LogP contribution in [0.4, 0.5) is 0 Å². The van der Waals surface area contributed by atoms with E-state index in [1.807, 2.05) is 24.4 Å².